The minimum absolute atomic E-state index is 0.0498. The van der Waals surface area contributed by atoms with Crippen LogP contribution in [0.1, 0.15) is 19.5 Å². The summed E-state index contributed by atoms with van der Waals surface area (Å²) in [5.74, 6) is 0. The summed E-state index contributed by atoms with van der Waals surface area (Å²) in [6.07, 6.45) is -3.53. The van der Waals surface area contributed by atoms with Gasteiger partial charge < -0.3 is 5.21 Å². The Morgan fingerprint density at radius 3 is 2.65 bits per heavy atom. The van der Waals surface area contributed by atoms with Crippen molar-refractivity contribution >= 4 is 5.69 Å². The fraction of sp³-hybridized carbons (Fsp3) is 0.444. The number of alkyl halides is 3. The van der Waals surface area contributed by atoms with Crippen LogP contribution in [0, 0.1) is 5.21 Å². The van der Waals surface area contributed by atoms with E-state index in [1.165, 1.54) is 6.07 Å². The van der Waals surface area contributed by atoms with E-state index < -0.39 is 17.9 Å². The first-order valence-corrected chi connectivity index (χ1v) is 4.77. The predicted octanol–water partition coefficient (Wildman–Crippen LogP) is 2.80. The van der Waals surface area contributed by atoms with Crippen LogP contribution >= 0.6 is 0 Å². The minimum atomic E-state index is -4.52. The Morgan fingerprint density at radius 1 is 1.47 bits per heavy atom. The van der Waals surface area contributed by atoms with E-state index >= 15 is 0 Å². The van der Waals surface area contributed by atoms with Gasteiger partial charge in [-0.2, -0.15) is 18.0 Å². The van der Waals surface area contributed by atoms with Crippen molar-refractivity contribution < 1.29 is 18.0 Å². The molecule has 0 atom stereocenters. The topological polar surface area (TPSA) is 63.4 Å². The Labute approximate surface area is 95.5 Å². The quantitative estimate of drug-likeness (QED) is 0.508. The lowest BCUT2D eigenvalue weighted by Crippen LogP contribution is -2.13. The lowest BCUT2D eigenvalue weighted by molar-refractivity contribution is -0.559. The standard InChI is InChI=1S/C9H11F3N4O/c1-6(2)16(17)15-14-7-3-4-13-8(5-7)9(10,11)12/h3-6H,1-2H3,(H,13,14). The smallest absolute Gasteiger partial charge is 0.433 e. The summed E-state index contributed by atoms with van der Waals surface area (Å²) in [5.41, 5.74) is 1.24. The van der Waals surface area contributed by atoms with E-state index in [4.69, 9.17) is 0 Å². The zero-order valence-electron chi connectivity index (χ0n) is 9.19. The second-order valence-corrected chi connectivity index (χ2v) is 3.54. The lowest BCUT2D eigenvalue weighted by Gasteiger charge is -2.09. The number of rotatable bonds is 3. The Balaban J connectivity index is 2.84. The number of pyridine rings is 1. The van der Waals surface area contributed by atoms with E-state index in [1.807, 2.05) is 0 Å². The van der Waals surface area contributed by atoms with Gasteiger partial charge in [0.25, 0.3) is 0 Å². The molecule has 0 spiro atoms. The first-order valence-electron chi connectivity index (χ1n) is 4.77. The maximum absolute atomic E-state index is 12.3. The highest BCUT2D eigenvalue weighted by atomic mass is 19.4. The molecule has 0 fully saturated rings. The van der Waals surface area contributed by atoms with Crippen molar-refractivity contribution in [2.45, 2.75) is 26.1 Å². The Morgan fingerprint density at radius 2 is 2.12 bits per heavy atom. The number of aromatic nitrogens is 1. The van der Waals surface area contributed by atoms with Gasteiger partial charge >= 0.3 is 6.18 Å². The molecular formula is C9H11F3N4O. The minimum Gasteiger partial charge on any atom is -0.696 e. The zero-order valence-corrected chi connectivity index (χ0v) is 9.19. The number of halogens is 3. The van der Waals surface area contributed by atoms with E-state index in [1.54, 1.807) is 13.8 Å². The number of hydrogen-bond acceptors (Lipinski definition) is 3. The molecule has 0 radical (unpaired) electrons. The molecule has 0 amide bonds. The van der Waals surface area contributed by atoms with E-state index in [2.05, 4.69) is 15.6 Å². The third-order valence-corrected chi connectivity index (χ3v) is 1.77. The van der Waals surface area contributed by atoms with Crippen LogP contribution < -0.4 is 5.43 Å². The molecule has 8 heteroatoms. The average molecular weight is 248 g/mol. The van der Waals surface area contributed by atoms with Crippen molar-refractivity contribution in [2.75, 3.05) is 5.43 Å². The molecule has 0 saturated heterocycles. The van der Waals surface area contributed by atoms with Crippen LogP contribution in [0.3, 0.4) is 0 Å². The Hall–Kier alpha value is -1.86. The highest BCUT2D eigenvalue weighted by Gasteiger charge is 2.32. The van der Waals surface area contributed by atoms with Crippen molar-refractivity contribution in [2.24, 2.45) is 5.22 Å². The van der Waals surface area contributed by atoms with Gasteiger partial charge in [-0.05, 0) is 13.8 Å². The molecule has 17 heavy (non-hydrogen) atoms. The fourth-order valence-electron chi connectivity index (χ4n) is 0.878. The van der Waals surface area contributed by atoms with Crippen molar-refractivity contribution in [1.82, 2.24) is 4.98 Å². The molecule has 0 aliphatic rings. The Kier molecular flexibility index (Phi) is 3.87. The molecule has 1 aromatic rings. The van der Waals surface area contributed by atoms with Crippen LogP contribution in [0.4, 0.5) is 18.9 Å². The molecule has 1 heterocycles. The van der Waals surface area contributed by atoms with Crippen LogP contribution in [-0.4, -0.2) is 15.9 Å². The van der Waals surface area contributed by atoms with Crippen molar-refractivity contribution in [3.05, 3.63) is 29.2 Å². The highest BCUT2D eigenvalue weighted by Crippen LogP contribution is 2.28. The van der Waals surface area contributed by atoms with Crippen LogP contribution in [-0.2, 0) is 6.18 Å². The molecule has 0 unspecified atom stereocenters. The van der Waals surface area contributed by atoms with Gasteiger partial charge in [-0.15, -0.1) is 5.43 Å². The van der Waals surface area contributed by atoms with Crippen LogP contribution in [0.2, 0.25) is 0 Å². The van der Waals surface area contributed by atoms with E-state index in [-0.39, 0.29) is 5.69 Å². The van der Waals surface area contributed by atoms with Gasteiger partial charge in [-0.3, -0.25) is 4.98 Å². The number of nitrogens with one attached hydrogen (secondary N) is 1. The number of nitrogens with zero attached hydrogens (tertiary/aromatic N) is 3. The van der Waals surface area contributed by atoms with Gasteiger partial charge in [0.15, 0.2) is 5.69 Å². The van der Waals surface area contributed by atoms with E-state index in [9.17, 15) is 18.4 Å². The van der Waals surface area contributed by atoms with Gasteiger partial charge in [-0.1, -0.05) is 0 Å². The normalized spacial score (nSPS) is 12.9. The summed E-state index contributed by atoms with van der Waals surface area (Å²) in [6.45, 7) is 3.21. The van der Waals surface area contributed by atoms with Crippen molar-refractivity contribution in [3.8, 4) is 0 Å². The molecule has 5 nitrogen and oxygen atoms in total. The monoisotopic (exact) mass is 248 g/mol. The first-order chi connectivity index (χ1) is 7.80. The molecule has 0 bridgehead atoms. The largest absolute Gasteiger partial charge is 0.696 e. The summed E-state index contributed by atoms with van der Waals surface area (Å²) in [4.78, 5) is 3.53. The summed E-state index contributed by atoms with van der Waals surface area (Å²) in [6, 6.07) is 1.66. The van der Waals surface area contributed by atoms with Crippen LogP contribution in [0.5, 0.6) is 0 Å². The lowest BCUT2D eigenvalue weighted by atomic mass is 10.3. The summed E-state index contributed by atoms with van der Waals surface area (Å²) in [7, 11) is 0. The van der Waals surface area contributed by atoms with Gasteiger partial charge in [0.1, 0.15) is 11.7 Å². The van der Waals surface area contributed by atoms with Crippen LogP contribution in [0.25, 0.3) is 0 Å². The average Bonchev–Trinajstić information content (AvgIpc) is 2.25. The Bertz CT molecular complexity index is 417. The molecular weight excluding hydrogens is 237 g/mol. The second kappa shape index (κ2) is 4.98. The molecule has 0 aliphatic heterocycles. The van der Waals surface area contributed by atoms with Crippen LogP contribution in [0.15, 0.2) is 23.6 Å². The van der Waals surface area contributed by atoms with Crippen molar-refractivity contribution in [1.29, 1.82) is 0 Å². The fourth-order valence-corrected chi connectivity index (χ4v) is 0.878. The number of hydrogen-bond donors (Lipinski definition) is 1. The molecule has 0 aromatic carbocycles. The predicted molar refractivity (Wildman–Crippen MR) is 54.1 cm³/mol. The third-order valence-electron chi connectivity index (χ3n) is 1.77. The second-order valence-electron chi connectivity index (χ2n) is 3.54. The summed E-state index contributed by atoms with van der Waals surface area (Å²) >= 11 is 0. The molecule has 1 N–H and O–H groups in total. The third kappa shape index (κ3) is 3.89. The summed E-state index contributed by atoms with van der Waals surface area (Å²) in [5, 5.41) is 14.4. The molecule has 94 valence electrons. The zero-order chi connectivity index (χ0) is 13.1. The number of anilines is 1. The molecule has 1 rings (SSSR count). The molecule has 0 saturated carbocycles. The maximum atomic E-state index is 12.3. The molecule has 1 aromatic heterocycles. The van der Waals surface area contributed by atoms with Gasteiger partial charge in [0, 0.05) is 18.3 Å². The van der Waals surface area contributed by atoms with Gasteiger partial charge in [-0.25, -0.2) is 0 Å². The SMILES string of the molecule is CC(C)[N+]([O-])=NNc1ccnc(C(F)(F)F)c1. The highest BCUT2D eigenvalue weighted by molar-refractivity contribution is 5.42. The first kappa shape index (κ1) is 13.2. The molecule has 0 aliphatic carbocycles. The van der Waals surface area contributed by atoms with E-state index in [0.717, 1.165) is 12.3 Å². The maximum Gasteiger partial charge on any atom is 0.433 e. The summed E-state index contributed by atoms with van der Waals surface area (Å²) < 4.78 is 36.9. The number of hydroxylamine groups is 1. The van der Waals surface area contributed by atoms with E-state index in [0.29, 0.717) is 4.86 Å². The van der Waals surface area contributed by atoms with Crippen molar-refractivity contribution in [3.63, 3.8) is 0 Å². The van der Waals surface area contributed by atoms with Gasteiger partial charge in [0.2, 0.25) is 0 Å². The van der Waals surface area contributed by atoms with Gasteiger partial charge in [0.05, 0.1) is 5.22 Å².